The first-order valence-electron chi connectivity index (χ1n) is 9.90. The van der Waals surface area contributed by atoms with Gasteiger partial charge in [0.25, 0.3) is 0 Å². The number of nitrogens with one attached hydrogen (secondary N) is 1. The van der Waals surface area contributed by atoms with Gasteiger partial charge in [-0.1, -0.05) is 30.3 Å². The Morgan fingerprint density at radius 2 is 1.79 bits per heavy atom. The van der Waals surface area contributed by atoms with E-state index in [1.54, 1.807) is 31.1 Å². The highest BCUT2D eigenvalue weighted by molar-refractivity contribution is 7.89. The summed E-state index contributed by atoms with van der Waals surface area (Å²) >= 11 is 0. The minimum Gasteiger partial charge on any atom is -0.496 e. The van der Waals surface area contributed by atoms with Crippen LogP contribution in [0.1, 0.15) is 30.4 Å². The first-order chi connectivity index (χ1) is 13.9. The number of amides is 1. The van der Waals surface area contributed by atoms with Crippen molar-refractivity contribution in [3.63, 3.8) is 0 Å². The van der Waals surface area contributed by atoms with Crippen LogP contribution in [0.3, 0.4) is 0 Å². The predicted molar refractivity (Wildman–Crippen MR) is 112 cm³/mol. The molecule has 1 fully saturated rings. The number of ether oxygens (including phenoxy) is 1. The molecular formula is C22H28N2O4S. The number of likely N-dealkylation sites (tertiary alicyclic amines) is 1. The van der Waals surface area contributed by atoms with E-state index in [1.165, 1.54) is 6.07 Å². The van der Waals surface area contributed by atoms with Crippen LogP contribution in [-0.2, 0) is 21.2 Å². The van der Waals surface area contributed by atoms with Gasteiger partial charge < -0.3 is 9.64 Å². The van der Waals surface area contributed by atoms with Gasteiger partial charge in [0, 0.05) is 13.1 Å². The van der Waals surface area contributed by atoms with Gasteiger partial charge in [0.15, 0.2) is 0 Å². The SMILES string of the molecule is COc1ccc(S(=O)(=O)NC(Cc2ccccc2)C(=O)N2CCCCC2)cc1C. The van der Waals surface area contributed by atoms with Gasteiger partial charge in [-0.25, -0.2) is 8.42 Å². The quantitative estimate of drug-likeness (QED) is 0.753. The zero-order valence-electron chi connectivity index (χ0n) is 16.9. The molecule has 0 bridgehead atoms. The van der Waals surface area contributed by atoms with E-state index in [0.29, 0.717) is 25.3 Å². The van der Waals surface area contributed by atoms with Crippen LogP contribution < -0.4 is 9.46 Å². The number of rotatable bonds is 7. The standard InChI is InChI=1S/C22H28N2O4S/c1-17-15-19(11-12-21(17)28-2)29(26,27)23-20(16-18-9-5-3-6-10-18)22(25)24-13-7-4-8-14-24/h3,5-6,9-12,15,20,23H,4,7-8,13-14,16H2,1-2H3. The minimum absolute atomic E-state index is 0.125. The highest BCUT2D eigenvalue weighted by atomic mass is 32.2. The summed E-state index contributed by atoms with van der Waals surface area (Å²) in [7, 11) is -2.32. The Balaban J connectivity index is 1.86. The second-order valence-electron chi connectivity index (χ2n) is 7.38. The Labute approximate surface area is 172 Å². The van der Waals surface area contributed by atoms with Crippen molar-refractivity contribution in [3.8, 4) is 5.75 Å². The number of aryl methyl sites for hydroxylation is 1. The summed E-state index contributed by atoms with van der Waals surface area (Å²) in [6.07, 6.45) is 3.32. The van der Waals surface area contributed by atoms with Crippen LogP contribution in [0, 0.1) is 6.92 Å². The van der Waals surface area contributed by atoms with E-state index in [9.17, 15) is 13.2 Å². The van der Waals surface area contributed by atoms with Crippen LogP contribution in [-0.4, -0.2) is 45.5 Å². The summed E-state index contributed by atoms with van der Waals surface area (Å²) in [6, 6.07) is 13.3. The molecule has 1 unspecified atom stereocenters. The summed E-state index contributed by atoms with van der Waals surface area (Å²) in [5.74, 6) is 0.455. The lowest BCUT2D eigenvalue weighted by Crippen LogP contribution is -2.50. The van der Waals surface area contributed by atoms with E-state index in [-0.39, 0.29) is 10.8 Å². The minimum atomic E-state index is -3.86. The Hall–Kier alpha value is -2.38. The normalized spacial score (nSPS) is 15.7. The molecule has 1 saturated heterocycles. The molecule has 3 rings (SSSR count). The summed E-state index contributed by atoms with van der Waals surface area (Å²) in [5, 5.41) is 0. The molecule has 0 aromatic heterocycles. The third kappa shape index (κ3) is 5.36. The molecule has 0 saturated carbocycles. The maximum Gasteiger partial charge on any atom is 0.241 e. The van der Waals surface area contributed by atoms with Gasteiger partial charge in [0.1, 0.15) is 11.8 Å². The lowest BCUT2D eigenvalue weighted by molar-refractivity contribution is -0.133. The number of piperidine rings is 1. The zero-order valence-corrected chi connectivity index (χ0v) is 17.7. The van der Waals surface area contributed by atoms with Crippen LogP contribution in [0.25, 0.3) is 0 Å². The fourth-order valence-electron chi connectivity index (χ4n) is 3.64. The molecule has 29 heavy (non-hydrogen) atoms. The second-order valence-corrected chi connectivity index (χ2v) is 9.09. The molecule has 7 heteroatoms. The van der Waals surface area contributed by atoms with E-state index in [4.69, 9.17) is 4.74 Å². The van der Waals surface area contributed by atoms with Gasteiger partial charge >= 0.3 is 0 Å². The largest absolute Gasteiger partial charge is 0.496 e. The van der Waals surface area contributed by atoms with Gasteiger partial charge in [0.2, 0.25) is 15.9 Å². The third-order valence-electron chi connectivity index (χ3n) is 5.22. The molecule has 2 aromatic carbocycles. The van der Waals surface area contributed by atoms with Gasteiger partial charge in [-0.05, 0) is 61.9 Å². The number of carbonyl (C=O) groups excluding carboxylic acids is 1. The lowest BCUT2D eigenvalue weighted by atomic mass is 10.0. The molecule has 1 aliphatic heterocycles. The average Bonchev–Trinajstić information content (AvgIpc) is 2.74. The van der Waals surface area contributed by atoms with Crippen LogP contribution in [0.2, 0.25) is 0 Å². The van der Waals surface area contributed by atoms with Gasteiger partial charge in [0.05, 0.1) is 12.0 Å². The maximum absolute atomic E-state index is 13.2. The lowest BCUT2D eigenvalue weighted by Gasteiger charge is -2.30. The first kappa shape index (κ1) is 21.3. The van der Waals surface area contributed by atoms with E-state index in [0.717, 1.165) is 30.4 Å². The molecule has 0 aliphatic carbocycles. The van der Waals surface area contributed by atoms with E-state index in [1.807, 2.05) is 30.3 Å². The first-order valence-corrected chi connectivity index (χ1v) is 11.4. The predicted octanol–water partition coefficient (Wildman–Crippen LogP) is 2.91. The molecule has 1 N–H and O–H groups in total. The van der Waals surface area contributed by atoms with Gasteiger partial charge in [-0.3, -0.25) is 4.79 Å². The van der Waals surface area contributed by atoms with E-state index in [2.05, 4.69) is 4.72 Å². The molecule has 6 nitrogen and oxygen atoms in total. The number of sulfonamides is 1. The van der Waals surface area contributed by atoms with Crippen LogP contribution in [0.5, 0.6) is 5.75 Å². The van der Waals surface area contributed by atoms with Crippen molar-refractivity contribution >= 4 is 15.9 Å². The molecule has 1 atom stereocenters. The Kier molecular flexibility index (Phi) is 6.92. The average molecular weight is 417 g/mol. The van der Waals surface area contributed by atoms with Crippen molar-refractivity contribution in [2.75, 3.05) is 20.2 Å². The van der Waals surface area contributed by atoms with E-state index >= 15 is 0 Å². The molecule has 1 heterocycles. The second kappa shape index (κ2) is 9.41. The van der Waals surface area contributed by atoms with Crippen molar-refractivity contribution < 1.29 is 17.9 Å². The highest BCUT2D eigenvalue weighted by Gasteiger charge is 2.30. The van der Waals surface area contributed by atoms with Crippen molar-refractivity contribution in [1.82, 2.24) is 9.62 Å². The fraction of sp³-hybridized carbons (Fsp3) is 0.409. The Morgan fingerprint density at radius 3 is 2.41 bits per heavy atom. The smallest absolute Gasteiger partial charge is 0.241 e. The molecule has 1 aliphatic rings. The number of hydrogen-bond donors (Lipinski definition) is 1. The van der Waals surface area contributed by atoms with Crippen molar-refractivity contribution in [2.24, 2.45) is 0 Å². The molecule has 0 radical (unpaired) electrons. The van der Waals surface area contributed by atoms with Crippen molar-refractivity contribution in [1.29, 1.82) is 0 Å². The molecule has 0 spiro atoms. The monoisotopic (exact) mass is 416 g/mol. The highest BCUT2D eigenvalue weighted by Crippen LogP contribution is 2.22. The maximum atomic E-state index is 13.2. The number of nitrogens with zero attached hydrogens (tertiary/aromatic N) is 1. The number of carbonyl (C=O) groups is 1. The van der Waals surface area contributed by atoms with Crippen molar-refractivity contribution in [2.45, 2.75) is 43.5 Å². The summed E-state index contributed by atoms with van der Waals surface area (Å²) in [6.45, 7) is 3.14. The van der Waals surface area contributed by atoms with E-state index < -0.39 is 16.1 Å². The number of benzene rings is 2. The van der Waals surface area contributed by atoms with Gasteiger partial charge in [-0.2, -0.15) is 4.72 Å². The Morgan fingerprint density at radius 1 is 1.10 bits per heavy atom. The fourth-order valence-corrected chi connectivity index (χ4v) is 4.91. The molecule has 156 valence electrons. The molecule has 2 aromatic rings. The number of methoxy groups -OCH3 is 1. The zero-order chi connectivity index (χ0) is 20.9. The van der Waals surface area contributed by atoms with Crippen LogP contribution in [0.4, 0.5) is 0 Å². The van der Waals surface area contributed by atoms with Crippen molar-refractivity contribution in [3.05, 3.63) is 59.7 Å². The summed E-state index contributed by atoms with van der Waals surface area (Å²) in [4.78, 5) is 15.1. The van der Waals surface area contributed by atoms with Crippen LogP contribution in [0.15, 0.2) is 53.4 Å². The summed E-state index contributed by atoms with van der Waals surface area (Å²) < 4.78 is 34.0. The molecule has 1 amide bonds. The Bertz CT molecular complexity index is 939. The van der Waals surface area contributed by atoms with Crippen LogP contribution >= 0.6 is 0 Å². The number of hydrogen-bond acceptors (Lipinski definition) is 4. The van der Waals surface area contributed by atoms with Gasteiger partial charge in [-0.15, -0.1) is 0 Å². The topological polar surface area (TPSA) is 75.7 Å². The molecular weight excluding hydrogens is 388 g/mol. The third-order valence-corrected chi connectivity index (χ3v) is 6.69. The summed E-state index contributed by atoms with van der Waals surface area (Å²) in [5.41, 5.74) is 1.63.